The van der Waals surface area contributed by atoms with Crippen molar-refractivity contribution in [2.45, 2.75) is 18.9 Å². The van der Waals surface area contributed by atoms with Gasteiger partial charge in [-0.25, -0.2) is 4.39 Å². The summed E-state index contributed by atoms with van der Waals surface area (Å²) in [6.45, 7) is 3.40. The van der Waals surface area contributed by atoms with Crippen molar-refractivity contribution in [3.05, 3.63) is 64.5 Å². The zero-order valence-corrected chi connectivity index (χ0v) is 12.9. The number of halogens is 1. The van der Waals surface area contributed by atoms with Gasteiger partial charge in [0.25, 0.3) is 0 Å². The normalized spacial score (nSPS) is 21.6. The molecule has 0 aliphatic carbocycles. The van der Waals surface area contributed by atoms with Crippen molar-refractivity contribution < 1.29 is 9.50 Å². The Kier molecular flexibility index (Phi) is 3.89. The molecule has 1 heterocycles. The summed E-state index contributed by atoms with van der Waals surface area (Å²) in [4.78, 5) is 2.22. The SMILES string of the molecule is Cc1ccc2c(c1)C(c1ccc(O)c(F)c1)CN(C)C2CN. The van der Waals surface area contributed by atoms with Crippen molar-refractivity contribution in [3.8, 4) is 5.75 Å². The number of nitrogens with two attached hydrogens (primary N) is 1. The lowest BCUT2D eigenvalue weighted by Gasteiger charge is -2.39. The highest BCUT2D eigenvalue weighted by Gasteiger charge is 2.31. The van der Waals surface area contributed by atoms with E-state index in [1.54, 1.807) is 6.07 Å². The fourth-order valence-electron chi connectivity index (χ4n) is 3.38. The lowest BCUT2D eigenvalue weighted by atomic mass is 9.81. The molecule has 22 heavy (non-hydrogen) atoms. The van der Waals surface area contributed by atoms with Gasteiger partial charge in [0.2, 0.25) is 0 Å². The monoisotopic (exact) mass is 300 g/mol. The number of phenols is 1. The first-order chi connectivity index (χ1) is 10.5. The Morgan fingerprint density at radius 3 is 2.68 bits per heavy atom. The van der Waals surface area contributed by atoms with Gasteiger partial charge in [0.1, 0.15) is 0 Å². The number of likely N-dealkylation sites (N-methyl/N-ethyl adjacent to an activating group) is 1. The smallest absolute Gasteiger partial charge is 0.165 e. The number of nitrogens with zero attached hydrogens (tertiary/aromatic N) is 1. The first kappa shape index (κ1) is 15.0. The van der Waals surface area contributed by atoms with Crippen molar-refractivity contribution >= 4 is 0 Å². The predicted molar refractivity (Wildman–Crippen MR) is 85.5 cm³/mol. The van der Waals surface area contributed by atoms with Crippen LogP contribution in [0, 0.1) is 12.7 Å². The summed E-state index contributed by atoms with van der Waals surface area (Å²) in [6.07, 6.45) is 0. The average Bonchev–Trinajstić information content (AvgIpc) is 2.49. The fourth-order valence-corrected chi connectivity index (χ4v) is 3.38. The molecule has 1 aliphatic heterocycles. The predicted octanol–water partition coefficient (Wildman–Crippen LogP) is 2.92. The van der Waals surface area contributed by atoms with Crippen molar-refractivity contribution in [2.75, 3.05) is 20.1 Å². The number of fused-ring (bicyclic) bond motifs is 1. The summed E-state index contributed by atoms with van der Waals surface area (Å²) in [5.74, 6) is -0.801. The van der Waals surface area contributed by atoms with Crippen LogP contribution in [0.25, 0.3) is 0 Å². The van der Waals surface area contributed by atoms with Crippen molar-refractivity contribution in [1.29, 1.82) is 0 Å². The van der Waals surface area contributed by atoms with E-state index in [0.29, 0.717) is 6.54 Å². The van der Waals surface area contributed by atoms with E-state index in [1.165, 1.54) is 28.8 Å². The highest BCUT2D eigenvalue weighted by atomic mass is 19.1. The van der Waals surface area contributed by atoms with E-state index >= 15 is 0 Å². The molecule has 0 spiro atoms. The Balaban J connectivity index is 2.12. The van der Waals surface area contributed by atoms with E-state index in [9.17, 15) is 9.50 Å². The van der Waals surface area contributed by atoms with Crippen LogP contribution in [-0.2, 0) is 0 Å². The number of hydrogen-bond donors (Lipinski definition) is 2. The molecule has 0 radical (unpaired) electrons. The maximum atomic E-state index is 13.7. The molecule has 2 atom stereocenters. The molecule has 0 amide bonds. The molecule has 0 bridgehead atoms. The van der Waals surface area contributed by atoms with Crippen LogP contribution in [0.4, 0.5) is 4.39 Å². The zero-order valence-electron chi connectivity index (χ0n) is 12.9. The molecule has 116 valence electrons. The summed E-state index contributed by atoms with van der Waals surface area (Å²) in [6, 6.07) is 11.2. The Morgan fingerprint density at radius 1 is 1.23 bits per heavy atom. The molecule has 3 N–H and O–H groups in total. The van der Waals surface area contributed by atoms with Crippen molar-refractivity contribution in [2.24, 2.45) is 5.73 Å². The summed E-state index contributed by atoms with van der Waals surface area (Å²) in [5, 5.41) is 9.41. The lowest BCUT2D eigenvalue weighted by molar-refractivity contribution is 0.223. The van der Waals surface area contributed by atoms with Crippen LogP contribution >= 0.6 is 0 Å². The summed E-state index contributed by atoms with van der Waals surface area (Å²) in [7, 11) is 2.05. The van der Waals surface area contributed by atoms with E-state index in [2.05, 4.69) is 30.0 Å². The maximum Gasteiger partial charge on any atom is 0.165 e. The van der Waals surface area contributed by atoms with Gasteiger partial charge >= 0.3 is 0 Å². The molecule has 1 aliphatic rings. The van der Waals surface area contributed by atoms with Gasteiger partial charge in [0.15, 0.2) is 11.6 Å². The largest absolute Gasteiger partial charge is 0.505 e. The van der Waals surface area contributed by atoms with E-state index in [0.717, 1.165) is 12.1 Å². The highest BCUT2D eigenvalue weighted by Crippen LogP contribution is 2.39. The van der Waals surface area contributed by atoms with E-state index in [4.69, 9.17) is 5.73 Å². The molecule has 0 saturated heterocycles. The molecule has 3 rings (SSSR count). The van der Waals surface area contributed by atoms with Crippen molar-refractivity contribution in [1.82, 2.24) is 4.90 Å². The fraction of sp³-hybridized carbons (Fsp3) is 0.333. The van der Waals surface area contributed by atoms with Crippen LogP contribution in [-0.4, -0.2) is 30.1 Å². The summed E-state index contributed by atoms with van der Waals surface area (Å²) >= 11 is 0. The van der Waals surface area contributed by atoms with Gasteiger partial charge in [-0.2, -0.15) is 0 Å². The first-order valence-corrected chi connectivity index (χ1v) is 7.50. The van der Waals surface area contributed by atoms with Crippen LogP contribution in [0.3, 0.4) is 0 Å². The Morgan fingerprint density at radius 2 is 2.00 bits per heavy atom. The Labute approximate surface area is 130 Å². The number of phenolic OH excluding ortho intramolecular Hbond substituents is 1. The minimum atomic E-state index is -0.574. The van der Waals surface area contributed by atoms with Crippen LogP contribution in [0.15, 0.2) is 36.4 Å². The van der Waals surface area contributed by atoms with Gasteiger partial charge in [-0.15, -0.1) is 0 Å². The quantitative estimate of drug-likeness (QED) is 0.896. The summed E-state index contributed by atoms with van der Waals surface area (Å²) < 4.78 is 13.7. The van der Waals surface area contributed by atoms with Gasteiger partial charge in [0, 0.05) is 25.0 Å². The number of aromatic hydroxyl groups is 1. The molecule has 0 aromatic heterocycles. The second-order valence-corrected chi connectivity index (χ2v) is 6.09. The van der Waals surface area contributed by atoms with Crippen LogP contribution in [0.1, 0.15) is 34.2 Å². The molecule has 3 nitrogen and oxygen atoms in total. The molecule has 0 saturated carbocycles. The summed E-state index contributed by atoms with van der Waals surface area (Å²) in [5.41, 5.74) is 10.4. The molecular formula is C18H21FN2O. The minimum Gasteiger partial charge on any atom is -0.505 e. The topological polar surface area (TPSA) is 49.5 Å². The van der Waals surface area contributed by atoms with Gasteiger partial charge in [-0.3, -0.25) is 4.90 Å². The highest BCUT2D eigenvalue weighted by molar-refractivity contribution is 5.45. The van der Waals surface area contributed by atoms with E-state index in [-0.39, 0.29) is 17.7 Å². The lowest BCUT2D eigenvalue weighted by Crippen LogP contribution is -2.39. The third-order valence-corrected chi connectivity index (χ3v) is 4.58. The number of hydrogen-bond acceptors (Lipinski definition) is 3. The average molecular weight is 300 g/mol. The molecule has 0 fully saturated rings. The van der Waals surface area contributed by atoms with Crippen LogP contribution < -0.4 is 5.73 Å². The van der Waals surface area contributed by atoms with Gasteiger partial charge in [-0.1, -0.05) is 29.8 Å². The van der Waals surface area contributed by atoms with Gasteiger partial charge in [-0.05, 0) is 42.8 Å². The number of benzene rings is 2. The minimum absolute atomic E-state index is 0.0813. The van der Waals surface area contributed by atoms with Gasteiger partial charge in [0.05, 0.1) is 0 Å². The first-order valence-electron chi connectivity index (χ1n) is 7.50. The van der Waals surface area contributed by atoms with Crippen molar-refractivity contribution in [3.63, 3.8) is 0 Å². The van der Waals surface area contributed by atoms with Crippen LogP contribution in [0.2, 0.25) is 0 Å². The Hall–Kier alpha value is -1.91. The number of rotatable bonds is 2. The molecule has 2 aromatic carbocycles. The number of aryl methyl sites for hydroxylation is 1. The second-order valence-electron chi connectivity index (χ2n) is 6.09. The molecule has 4 heteroatoms. The Bertz CT molecular complexity index is 701. The third kappa shape index (κ3) is 2.49. The molecule has 2 unspecified atom stereocenters. The maximum absolute atomic E-state index is 13.7. The third-order valence-electron chi connectivity index (χ3n) is 4.58. The van der Waals surface area contributed by atoms with Gasteiger partial charge < -0.3 is 10.8 Å². The molecular weight excluding hydrogens is 279 g/mol. The molecule has 2 aromatic rings. The van der Waals surface area contributed by atoms with Crippen LogP contribution in [0.5, 0.6) is 5.75 Å². The zero-order chi connectivity index (χ0) is 15.9. The standard InChI is InChI=1S/C18H21FN2O/c1-11-3-5-13-14(7-11)15(10-21(2)17(13)9-20)12-4-6-18(22)16(19)8-12/h3-8,15,17,22H,9-10,20H2,1-2H3. The van der Waals surface area contributed by atoms with E-state index in [1.807, 2.05) is 7.05 Å². The second kappa shape index (κ2) is 5.71. The van der Waals surface area contributed by atoms with E-state index < -0.39 is 5.82 Å².